The zero-order valence-corrected chi connectivity index (χ0v) is 9.82. The van der Waals surface area contributed by atoms with Gasteiger partial charge in [0.2, 0.25) is 0 Å². The van der Waals surface area contributed by atoms with Crippen LogP contribution < -0.4 is 0 Å². The fourth-order valence-electron chi connectivity index (χ4n) is 2.84. The summed E-state index contributed by atoms with van der Waals surface area (Å²) in [7, 11) is 0. The zero-order chi connectivity index (χ0) is 11.8. The minimum absolute atomic E-state index is 0.433. The Bertz CT molecular complexity index is 573. The maximum atomic E-state index is 10.1. The van der Waals surface area contributed by atoms with Crippen molar-refractivity contribution in [1.29, 1.82) is 0 Å². The molecule has 3 rings (SSSR count). The van der Waals surface area contributed by atoms with E-state index in [4.69, 9.17) is 0 Å². The van der Waals surface area contributed by atoms with Crippen LogP contribution in [-0.2, 0) is 12.8 Å². The molecule has 0 saturated heterocycles. The highest BCUT2D eigenvalue weighted by Crippen LogP contribution is 2.35. The van der Waals surface area contributed by atoms with E-state index in [-0.39, 0.29) is 0 Å². The van der Waals surface area contributed by atoms with Gasteiger partial charge in [-0.15, -0.1) is 6.58 Å². The molecule has 17 heavy (non-hydrogen) atoms. The van der Waals surface area contributed by atoms with Gasteiger partial charge in [0.1, 0.15) is 0 Å². The first-order valence-corrected chi connectivity index (χ1v) is 6.13. The number of hydrogen-bond acceptors (Lipinski definition) is 1. The molecule has 0 fully saturated rings. The molecule has 0 heterocycles. The first-order valence-electron chi connectivity index (χ1n) is 6.13. The summed E-state index contributed by atoms with van der Waals surface area (Å²) in [6.45, 7) is 3.69. The number of hydrogen-bond donors (Lipinski definition) is 1. The van der Waals surface area contributed by atoms with Crippen LogP contribution in [0.25, 0.3) is 10.8 Å². The zero-order valence-electron chi connectivity index (χ0n) is 9.82. The molecule has 2 aromatic carbocycles. The first-order chi connectivity index (χ1) is 8.31. The van der Waals surface area contributed by atoms with Crippen LogP contribution in [0.2, 0.25) is 0 Å². The number of aliphatic hydroxyl groups is 1. The molecule has 1 nitrogen and oxygen atoms in total. The van der Waals surface area contributed by atoms with E-state index in [1.807, 2.05) is 0 Å². The summed E-state index contributed by atoms with van der Waals surface area (Å²) >= 11 is 0. The van der Waals surface area contributed by atoms with Gasteiger partial charge in [0.25, 0.3) is 0 Å². The van der Waals surface area contributed by atoms with E-state index in [9.17, 15) is 5.11 Å². The van der Waals surface area contributed by atoms with Crippen molar-refractivity contribution in [2.24, 2.45) is 0 Å². The van der Waals surface area contributed by atoms with E-state index in [1.54, 1.807) is 6.08 Å². The van der Waals surface area contributed by atoms with Crippen molar-refractivity contribution in [1.82, 2.24) is 0 Å². The summed E-state index contributed by atoms with van der Waals surface area (Å²) in [5.41, 5.74) is 3.88. The third kappa shape index (κ3) is 1.58. The summed E-state index contributed by atoms with van der Waals surface area (Å²) in [4.78, 5) is 0. The molecule has 1 heteroatoms. The normalized spacial score (nSPS) is 15.1. The van der Waals surface area contributed by atoms with Crippen molar-refractivity contribution in [2.45, 2.75) is 25.4 Å². The monoisotopic (exact) mass is 224 g/mol. The number of rotatable bonds is 3. The molecule has 0 radical (unpaired) electrons. The molecule has 1 N–H and O–H groups in total. The van der Waals surface area contributed by atoms with Gasteiger partial charge >= 0.3 is 0 Å². The summed E-state index contributed by atoms with van der Waals surface area (Å²) < 4.78 is 0. The summed E-state index contributed by atoms with van der Waals surface area (Å²) in [5, 5.41) is 12.7. The Labute approximate surface area is 101 Å². The summed E-state index contributed by atoms with van der Waals surface area (Å²) in [5.74, 6) is 0. The van der Waals surface area contributed by atoms with Crippen molar-refractivity contribution >= 4 is 10.8 Å². The van der Waals surface area contributed by atoms with E-state index < -0.39 is 6.10 Å². The second-order valence-corrected chi connectivity index (χ2v) is 4.69. The lowest BCUT2D eigenvalue weighted by Gasteiger charge is -2.13. The summed E-state index contributed by atoms with van der Waals surface area (Å²) in [6.07, 6.45) is 4.21. The Kier molecular flexibility index (Phi) is 2.49. The lowest BCUT2D eigenvalue weighted by molar-refractivity contribution is 0.183. The van der Waals surface area contributed by atoms with Crippen LogP contribution in [0, 0.1) is 0 Å². The molecule has 2 aromatic rings. The van der Waals surface area contributed by atoms with E-state index in [2.05, 4.69) is 36.9 Å². The van der Waals surface area contributed by atoms with Gasteiger partial charge < -0.3 is 5.11 Å². The fraction of sp³-hybridized carbons (Fsp3) is 0.250. The molecule has 86 valence electrons. The highest BCUT2D eigenvalue weighted by molar-refractivity contribution is 5.93. The largest absolute Gasteiger partial charge is 0.388 e. The highest BCUT2D eigenvalue weighted by atomic mass is 16.3. The fourth-order valence-corrected chi connectivity index (χ4v) is 2.84. The minimum atomic E-state index is -0.433. The predicted octanol–water partition coefficient (Wildman–Crippen LogP) is 3.55. The second kappa shape index (κ2) is 4.01. The van der Waals surface area contributed by atoms with Crippen molar-refractivity contribution in [3.8, 4) is 0 Å². The number of aryl methyl sites for hydroxylation is 2. The molecule has 0 amide bonds. The van der Waals surface area contributed by atoms with Gasteiger partial charge in [0, 0.05) is 0 Å². The van der Waals surface area contributed by atoms with Gasteiger partial charge in [-0.25, -0.2) is 0 Å². The van der Waals surface area contributed by atoms with Gasteiger partial charge in [-0.2, -0.15) is 0 Å². The molecule has 1 aliphatic rings. The lowest BCUT2D eigenvalue weighted by atomic mass is 9.95. The molecule has 1 atom stereocenters. The molecular formula is C16H16O. The second-order valence-electron chi connectivity index (χ2n) is 4.69. The van der Waals surface area contributed by atoms with Crippen LogP contribution in [0.4, 0.5) is 0 Å². The Balaban J connectivity index is 2.24. The quantitative estimate of drug-likeness (QED) is 0.790. The molecule has 1 unspecified atom stereocenters. The van der Waals surface area contributed by atoms with E-state index in [0.29, 0.717) is 6.42 Å². The van der Waals surface area contributed by atoms with Gasteiger partial charge in [0.15, 0.2) is 0 Å². The minimum Gasteiger partial charge on any atom is -0.388 e. The Hall–Kier alpha value is -1.60. The standard InChI is InChI=1S/C16H16O/c1-2-4-15(17)13-10-9-12-8-7-11-5-3-6-14(13)16(11)12/h2-3,5-6,9-10,15,17H,1,4,7-8H2. The predicted molar refractivity (Wildman–Crippen MR) is 71.1 cm³/mol. The Morgan fingerprint density at radius 2 is 1.94 bits per heavy atom. The average molecular weight is 224 g/mol. The smallest absolute Gasteiger partial charge is 0.0830 e. The van der Waals surface area contributed by atoms with Crippen LogP contribution in [0.5, 0.6) is 0 Å². The molecule has 0 aliphatic heterocycles. The van der Waals surface area contributed by atoms with Gasteiger partial charge in [0.05, 0.1) is 6.10 Å². The molecule has 0 bridgehead atoms. The third-order valence-corrected chi connectivity index (χ3v) is 3.66. The summed E-state index contributed by atoms with van der Waals surface area (Å²) in [6, 6.07) is 10.6. The van der Waals surface area contributed by atoms with Gasteiger partial charge in [-0.05, 0) is 46.7 Å². The molecule has 0 spiro atoms. The van der Waals surface area contributed by atoms with Crippen molar-refractivity contribution < 1.29 is 5.11 Å². The lowest BCUT2D eigenvalue weighted by Crippen LogP contribution is -1.97. The maximum absolute atomic E-state index is 10.1. The maximum Gasteiger partial charge on any atom is 0.0830 e. The van der Waals surface area contributed by atoms with Gasteiger partial charge in [-0.3, -0.25) is 0 Å². The molecule has 1 aliphatic carbocycles. The molecular weight excluding hydrogens is 208 g/mol. The average Bonchev–Trinajstić information content (AvgIpc) is 2.76. The van der Waals surface area contributed by atoms with Crippen molar-refractivity contribution in [3.63, 3.8) is 0 Å². The van der Waals surface area contributed by atoms with Crippen LogP contribution in [0.3, 0.4) is 0 Å². The van der Waals surface area contributed by atoms with Crippen LogP contribution in [0.1, 0.15) is 29.2 Å². The van der Waals surface area contributed by atoms with E-state index in [0.717, 1.165) is 18.4 Å². The van der Waals surface area contributed by atoms with Crippen LogP contribution in [-0.4, -0.2) is 5.11 Å². The Morgan fingerprint density at radius 3 is 2.71 bits per heavy atom. The Morgan fingerprint density at radius 1 is 1.18 bits per heavy atom. The van der Waals surface area contributed by atoms with Crippen LogP contribution in [0.15, 0.2) is 43.0 Å². The number of benzene rings is 2. The molecule has 0 saturated carbocycles. The van der Waals surface area contributed by atoms with Crippen molar-refractivity contribution in [3.05, 3.63) is 59.7 Å². The third-order valence-electron chi connectivity index (χ3n) is 3.66. The first kappa shape index (κ1) is 10.5. The highest BCUT2D eigenvalue weighted by Gasteiger charge is 2.18. The van der Waals surface area contributed by atoms with E-state index >= 15 is 0 Å². The van der Waals surface area contributed by atoms with Crippen LogP contribution >= 0.6 is 0 Å². The topological polar surface area (TPSA) is 20.2 Å². The van der Waals surface area contributed by atoms with Gasteiger partial charge in [-0.1, -0.05) is 36.4 Å². The van der Waals surface area contributed by atoms with Crippen molar-refractivity contribution in [2.75, 3.05) is 0 Å². The van der Waals surface area contributed by atoms with E-state index in [1.165, 1.54) is 21.9 Å². The number of aliphatic hydroxyl groups excluding tert-OH is 1. The molecule has 0 aromatic heterocycles. The SMILES string of the molecule is C=CCC(O)c1ccc2c3c(cccc13)CC2.